The first-order valence-electron chi connectivity index (χ1n) is 3.41. The summed E-state index contributed by atoms with van der Waals surface area (Å²) in [6.45, 7) is 3.59. The molecule has 0 aromatic heterocycles. The zero-order chi connectivity index (χ0) is 8.91. The fourth-order valence-corrected chi connectivity index (χ4v) is 0.549. The van der Waals surface area contributed by atoms with Crippen molar-refractivity contribution in [3.05, 3.63) is 6.10 Å². The van der Waals surface area contributed by atoms with Crippen molar-refractivity contribution in [2.24, 2.45) is 0 Å². The normalized spacial score (nSPS) is 12.5. The number of alkyl halides is 3. The van der Waals surface area contributed by atoms with E-state index in [9.17, 15) is 13.2 Å². The molecule has 0 heterocycles. The van der Waals surface area contributed by atoms with E-state index in [4.69, 9.17) is 4.74 Å². The Morgan fingerprint density at radius 3 is 2.18 bits per heavy atom. The van der Waals surface area contributed by atoms with Gasteiger partial charge in [-0.2, -0.15) is 13.2 Å². The van der Waals surface area contributed by atoms with E-state index in [2.05, 4.69) is 0 Å². The van der Waals surface area contributed by atoms with Gasteiger partial charge in [-0.3, -0.25) is 0 Å². The third kappa shape index (κ3) is 9.75. The lowest BCUT2D eigenvalue weighted by molar-refractivity contribution is -0.137. The van der Waals surface area contributed by atoms with Gasteiger partial charge in [0.2, 0.25) is 0 Å². The van der Waals surface area contributed by atoms with Crippen LogP contribution in [0.25, 0.3) is 0 Å². The van der Waals surface area contributed by atoms with Gasteiger partial charge in [-0.25, -0.2) is 0 Å². The Kier molecular flexibility index (Phi) is 4.49. The number of rotatable bonds is 4. The van der Waals surface area contributed by atoms with Crippen LogP contribution in [-0.4, -0.2) is 12.8 Å². The Morgan fingerprint density at radius 1 is 1.27 bits per heavy atom. The Bertz CT molecular complexity index is 98.3. The van der Waals surface area contributed by atoms with Crippen molar-refractivity contribution in [3.8, 4) is 0 Å². The standard InChI is InChI=1S/C7H12F3O/c1-6(2)11-5-3-4-7(8,9)10/h3-5H2,1-2H3. The van der Waals surface area contributed by atoms with Crippen molar-refractivity contribution in [2.75, 3.05) is 6.61 Å². The monoisotopic (exact) mass is 169 g/mol. The summed E-state index contributed by atoms with van der Waals surface area (Å²) in [5.74, 6) is 0. The quantitative estimate of drug-likeness (QED) is 0.588. The van der Waals surface area contributed by atoms with Gasteiger partial charge in [-0.05, 0) is 20.3 Å². The number of hydrogen-bond donors (Lipinski definition) is 0. The number of ether oxygens (including phenoxy) is 1. The molecule has 0 saturated carbocycles. The fourth-order valence-electron chi connectivity index (χ4n) is 0.549. The molecule has 0 unspecified atom stereocenters. The fraction of sp³-hybridized carbons (Fsp3) is 0.857. The Labute approximate surface area is 64.5 Å². The van der Waals surface area contributed by atoms with Crippen LogP contribution in [0.15, 0.2) is 0 Å². The van der Waals surface area contributed by atoms with Crippen LogP contribution in [0.4, 0.5) is 13.2 Å². The average Bonchev–Trinajstić information content (AvgIpc) is 1.78. The van der Waals surface area contributed by atoms with Gasteiger partial charge in [0.15, 0.2) is 0 Å². The van der Waals surface area contributed by atoms with Crippen molar-refractivity contribution in [3.63, 3.8) is 0 Å². The molecule has 0 saturated heterocycles. The van der Waals surface area contributed by atoms with Crippen LogP contribution < -0.4 is 0 Å². The van der Waals surface area contributed by atoms with Gasteiger partial charge in [0.05, 0.1) is 6.10 Å². The molecule has 0 spiro atoms. The van der Waals surface area contributed by atoms with E-state index >= 15 is 0 Å². The average molecular weight is 169 g/mol. The minimum absolute atomic E-state index is 0.0364. The molecule has 0 bridgehead atoms. The SMILES string of the molecule is C[C](C)OCCCC(F)(F)F. The highest BCUT2D eigenvalue weighted by atomic mass is 19.4. The Morgan fingerprint density at radius 2 is 1.82 bits per heavy atom. The molecule has 0 N–H and O–H groups in total. The highest BCUT2D eigenvalue weighted by Gasteiger charge is 2.25. The summed E-state index contributed by atoms with van der Waals surface area (Å²) < 4.78 is 39.4. The minimum Gasteiger partial charge on any atom is -0.373 e. The molecule has 1 radical (unpaired) electrons. The molecule has 0 atom stereocenters. The third-order valence-corrected chi connectivity index (χ3v) is 0.995. The zero-order valence-electron chi connectivity index (χ0n) is 6.66. The largest absolute Gasteiger partial charge is 0.389 e. The highest BCUT2D eigenvalue weighted by Crippen LogP contribution is 2.21. The van der Waals surface area contributed by atoms with Gasteiger partial charge in [-0.1, -0.05) is 0 Å². The molecule has 67 valence electrons. The molecular formula is C7H12F3O. The molecule has 0 rings (SSSR count). The van der Waals surface area contributed by atoms with Crippen LogP contribution in [0.5, 0.6) is 0 Å². The molecule has 0 aliphatic heterocycles. The highest BCUT2D eigenvalue weighted by molar-refractivity contribution is 4.60. The van der Waals surface area contributed by atoms with Crippen LogP contribution in [-0.2, 0) is 4.74 Å². The van der Waals surface area contributed by atoms with E-state index in [1.165, 1.54) is 0 Å². The summed E-state index contributed by atoms with van der Waals surface area (Å²) in [5, 5.41) is 0. The summed E-state index contributed by atoms with van der Waals surface area (Å²) in [7, 11) is 0. The molecule has 4 heteroatoms. The topological polar surface area (TPSA) is 9.23 Å². The Hall–Kier alpha value is -0.250. The van der Waals surface area contributed by atoms with E-state index in [0.29, 0.717) is 6.10 Å². The van der Waals surface area contributed by atoms with Crippen molar-refractivity contribution in [1.29, 1.82) is 0 Å². The van der Waals surface area contributed by atoms with Crippen LogP contribution in [0.1, 0.15) is 26.7 Å². The Balaban J connectivity index is 3.15. The predicted octanol–water partition coefficient (Wildman–Crippen LogP) is 2.92. The third-order valence-electron chi connectivity index (χ3n) is 0.995. The second-order valence-electron chi connectivity index (χ2n) is 2.48. The molecular weight excluding hydrogens is 157 g/mol. The minimum atomic E-state index is -4.05. The molecule has 11 heavy (non-hydrogen) atoms. The van der Waals surface area contributed by atoms with E-state index in [1.54, 1.807) is 13.8 Å². The lowest BCUT2D eigenvalue weighted by Crippen LogP contribution is -2.09. The van der Waals surface area contributed by atoms with Crippen LogP contribution >= 0.6 is 0 Å². The predicted molar refractivity (Wildman–Crippen MR) is 35.8 cm³/mol. The summed E-state index contributed by atoms with van der Waals surface area (Å²) >= 11 is 0. The van der Waals surface area contributed by atoms with Crippen molar-refractivity contribution in [2.45, 2.75) is 32.9 Å². The maximum Gasteiger partial charge on any atom is 0.389 e. The molecule has 0 aromatic carbocycles. The van der Waals surface area contributed by atoms with Gasteiger partial charge < -0.3 is 4.74 Å². The summed E-state index contributed by atoms with van der Waals surface area (Å²) in [6, 6.07) is 0. The summed E-state index contributed by atoms with van der Waals surface area (Å²) in [4.78, 5) is 0. The van der Waals surface area contributed by atoms with Crippen molar-refractivity contribution in [1.82, 2.24) is 0 Å². The summed E-state index contributed by atoms with van der Waals surface area (Å²) in [6.07, 6.45) is -4.08. The lowest BCUT2D eigenvalue weighted by Gasteiger charge is -2.07. The van der Waals surface area contributed by atoms with Gasteiger partial charge in [0, 0.05) is 13.0 Å². The molecule has 0 aliphatic rings. The maximum absolute atomic E-state index is 11.5. The van der Waals surface area contributed by atoms with E-state index in [-0.39, 0.29) is 13.0 Å². The second-order valence-corrected chi connectivity index (χ2v) is 2.48. The smallest absolute Gasteiger partial charge is 0.373 e. The van der Waals surface area contributed by atoms with Crippen molar-refractivity contribution >= 4 is 0 Å². The first kappa shape index (κ1) is 10.8. The van der Waals surface area contributed by atoms with Gasteiger partial charge in [0.1, 0.15) is 0 Å². The first-order chi connectivity index (χ1) is 4.92. The second kappa shape index (κ2) is 4.59. The zero-order valence-corrected chi connectivity index (χ0v) is 6.66. The van der Waals surface area contributed by atoms with E-state index in [0.717, 1.165) is 0 Å². The molecule has 1 nitrogen and oxygen atoms in total. The molecule has 0 aromatic rings. The molecule has 0 amide bonds. The van der Waals surface area contributed by atoms with Crippen LogP contribution in [0.2, 0.25) is 0 Å². The molecule has 0 fully saturated rings. The van der Waals surface area contributed by atoms with Crippen molar-refractivity contribution < 1.29 is 17.9 Å². The van der Waals surface area contributed by atoms with Gasteiger partial charge >= 0.3 is 6.18 Å². The first-order valence-corrected chi connectivity index (χ1v) is 3.41. The maximum atomic E-state index is 11.5. The number of hydrogen-bond acceptors (Lipinski definition) is 1. The molecule has 0 aliphatic carbocycles. The van der Waals surface area contributed by atoms with Crippen LogP contribution in [0.3, 0.4) is 0 Å². The van der Waals surface area contributed by atoms with Gasteiger partial charge in [-0.15, -0.1) is 0 Å². The van der Waals surface area contributed by atoms with E-state index in [1.807, 2.05) is 0 Å². The summed E-state index contributed by atoms with van der Waals surface area (Å²) in [5.41, 5.74) is 0. The lowest BCUT2D eigenvalue weighted by atomic mass is 10.3. The van der Waals surface area contributed by atoms with Crippen LogP contribution in [0, 0.1) is 6.10 Å². The number of halogens is 3. The van der Waals surface area contributed by atoms with E-state index < -0.39 is 12.6 Å². The van der Waals surface area contributed by atoms with Gasteiger partial charge in [0.25, 0.3) is 0 Å².